The third-order valence-electron chi connectivity index (χ3n) is 2.94. The Hall–Kier alpha value is -1.64. The highest BCUT2D eigenvalue weighted by molar-refractivity contribution is 7.89. The van der Waals surface area contributed by atoms with Crippen molar-refractivity contribution in [3.05, 3.63) is 23.8 Å². The van der Waals surface area contributed by atoms with Crippen LogP contribution in [0.5, 0.6) is 5.75 Å². The van der Waals surface area contributed by atoms with Crippen LogP contribution in [0.2, 0.25) is 0 Å². The van der Waals surface area contributed by atoms with Crippen LogP contribution < -0.4 is 14.8 Å². The molecule has 0 radical (unpaired) electrons. The maximum Gasteiger partial charge on any atom is 0.244 e. The van der Waals surface area contributed by atoms with E-state index in [1.807, 2.05) is 0 Å². The van der Waals surface area contributed by atoms with Crippen LogP contribution in [0.15, 0.2) is 23.1 Å². The second-order valence-corrected chi connectivity index (χ2v) is 6.46. The van der Waals surface area contributed by atoms with E-state index >= 15 is 0 Å². The van der Waals surface area contributed by atoms with Crippen LogP contribution in [-0.2, 0) is 19.6 Å². The third-order valence-corrected chi connectivity index (χ3v) is 4.50. The Morgan fingerprint density at radius 3 is 2.59 bits per heavy atom. The van der Waals surface area contributed by atoms with Crippen LogP contribution in [-0.4, -0.2) is 47.7 Å². The lowest BCUT2D eigenvalue weighted by molar-refractivity contribution is -0.122. The Bertz CT molecular complexity index is 616. The predicted molar refractivity (Wildman–Crippen MR) is 82.4 cm³/mol. The molecule has 22 heavy (non-hydrogen) atoms. The summed E-state index contributed by atoms with van der Waals surface area (Å²) < 4.78 is 37.1. The number of carbonyl (C=O) groups is 1. The van der Waals surface area contributed by atoms with Crippen LogP contribution in [0.4, 0.5) is 0 Å². The summed E-state index contributed by atoms with van der Waals surface area (Å²) in [6.45, 7) is 3.92. The first-order valence-electron chi connectivity index (χ1n) is 6.75. The van der Waals surface area contributed by atoms with Gasteiger partial charge in [-0.05, 0) is 31.5 Å². The first-order valence-corrected chi connectivity index (χ1v) is 8.23. The van der Waals surface area contributed by atoms with E-state index in [-0.39, 0.29) is 10.6 Å². The molecule has 0 saturated heterocycles. The van der Waals surface area contributed by atoms with Crippen LogP contribution in [0.3, 0.4) is 0 Å². The molecule has 0 aliphatic carbocycles. The normalized spacial score (nSPS) is 12.7. The SMILES string of the molecule is COCCNC(=O)[C@@H](C)NS(=O)(=O)c1cc(C)ccc1OC. The molecule has 1 aromatic carbocycles. The van der Waals surface area contributed by atoms with Gasteiger partial charge in [0.25, 0.3) is 0 Å². The molecule has 8 heteroatoms. The lowest BCUT2D eigenvalue weighted by atomic mass is 10.2. The molecule has 1 rings (SSSR count). The summed E-state index contributed by atoms with van der Waals surface area (Å²) in [5.41, 5.74) is 0.776. The number of carbonyl (C=O) groups excluding carboxylic acids is 1. The fourth-order valence-electron chi connectivity index (χ4n) is 1.77. The fraction of sp³-hybridized carbons (Fsp3) is 0.500. The van der Waals surface area contributed by atoms with Crippen LogP contribution in [0.25, 0.3) is 0 Å². The molecule has 124 valence electrons. The highest BCUT2D eigenvalue weighted by atomic mass is 32.2. The van der Waals surface area contributed by atoms with E-state index in [2.05, 4.69) is 10.0 Å². The molecular weight excluding hydrogens is 308 g/mol. The maximum absolute atomic E-state index is 12.4. The molecule has 2 N–H and O–H groups in total. The van der Waals surface area contributed by atoms with Gasteiger partial charge in [-0.15, -0.1) is 0 Å². The molecule has 0 bridgehead atoms. The topological polar surface area (TPSA) is 93.7 Å². The molecule has 1 atom stereocenters. The minimum Gasteiger partial charge on any atom is -0.495 e. The van der Waals surface area contributed by atoms with Gasteiger partial charge >= 0.3 is 0 Å². The van der Waals surface area contributed by atoms with E-state index in [9.17, 15) is 13.2 Å². The highest BCUT2D eigenvalue weighted by Gasteiger charge is 2.24. The van der Waals surface area contributed by atoms with Crippen molar-refractivity contribution in [3.8, 4) is 5.75 Å². The molecule has 1 amide bonds. The zero-order valence-electron chi connectivity index (χ0n) is 13.2. The highest BCUT2D eigenvalue weighted by Crippen LogP contribution is 2.24. The van der Waals surface area contributed by atoms with Crippen LogP contribution in [0, 0.1) is 6.92 Å². The monoisotopic (exact) mass is 330 g/mol. The predicted octanol–water partition coefficient (Wildman–Crippen LogP) is 0.433. The Labute approximate surface area is 131 Å². The molecule has 0 heterocycles. The Morgan fingerprint density at radius 2 is 2.00 bits per heavy atom. The summed E-state index contributed by atoms with van der Waals surface area (Å²) in [7, 11) is -0.958. The van der Waals surface area contributed by atoms with E-state index in [1.54, 1.807) is 19.1 Å². The molecule has 1 aromatic rings. The van der Waals surface area contributed by atoms with Crippen LogP contribution >= 0.6 is 0 Å². The van der Waals surface area contributed by atoms with E-state index in [1.165, 1.54) is 27.2 Å². The first-order chi connectivity index (χ1) is 10.3. The van der Waals surface area contributed by atoms with E-state index in [0.717, 1.165) is 5.56 Å². The smallest absolute Gasteiger partial charge is 0.244 e. The number of sulfonamides is 1. The molecule has 0 aromatic heterocycles. The number of benzene rings is 1. The first kappa shape index (κ1) is 18.4. The zero-order valence-corrected chi connectivity index (χ0v) is 14.0. The zero-order chi connectivity index (χ0) is 16.8. The molecule has 0 spiro atoms. The summed E-state index contributed by atoms with van der Waals surface area (Å²) in [5, 5.41) is 2.58. The Kier molecular flexibility index (Phi) is 6.79. The quantitative estimate of drug-likeness (QED) is 0.674. The summed E-state index contributed by atoms with van der Waals surface area (Å²) >= 11 is 0. The van der Waals surface area contributed by atoms with Crippen molar-refractivity contribution in [2.75, 3.05) is 27.4 Å². The van der Waals surface area contributed by atoms with Gasteiger partial charge in [-0.1, -0.05) is 6.07 Å². The van der Waals surface area contributed by atoms with Crippen molar-refractivity contribution >= 4 is 15.9 Å². The van der Waals surface area contributed by atoms with Crippen molar-refractivity contribution in [2.45, 2.75) is 24.8 Å². The van der Waals surface area contributed by atoms with Crippen molar-refractivity contribution in [1.82, 2.24) is 10.0 Å². The van der Waals surface area contributed by atoms with Gasteiger partial charge in [-0.2, -0.15) is 4.72 Å². The summed E-state index contributed by atoms with van der Waals surface area (Å²) in [4.78, 5) is 11.8. The van der Waals surface area contributed by atoms with Gasteiger partial charge in [0.15, 0.2) is 0 Å². The largest absolute Gasteiger partial charge is 0.495 e. The number of ether oxygens (including phenoxy) is 2. The van der Waals surface area contributed by atoms with Crippen molar-refractivity contribution in [2.24, 2.45) is 0 Å². The molecule has 7 nitrogen and oxygen atoms in total. The second kappa shape index (κ2) is 8.11. The van der Waals surface area contributed by atoms with E-state index < -0.39 is 22.0 Å². The van der Waals surface area contributed by atoms with Gasteiger partial charge in [0, 0.05) is 13.7 Å². The molecule has 0 saturated carbocycles. The second-order valence-electron chi connectivity index (χ2n) is 4.78. The van der Waals surface area contributed by atoms with Gasteiger partial charge in [0.2, 0.25) is 15.9 Å². The molecule has 0 aliphatic rings. The Morgan fingerprint density at radius 1 is 1.32 bits per heavy atom. The molecule has 0 fully saturated rings. The van der Waals surface area contributed by atoms with Gasteiger partial charge in [-0.3, -0.25) is 4.79 Å². The Balaban J connectivity index is 2.87. The van der Waals surface area contributed by atoms with Gasteiger partial charge < -0.3 is 14.8 Å². The third kappa shape index (κ3) is 4.97. The minimum absolute atomic E-state index is 0.00606. The van der Waals surface area contributed by atoms with E-state index in [4.69, 9.17) is 9.47 Å². The average molecular weight is 330 g/mol. The van der Waals surface area contributed by atoms with Gasteiger partial charge in [-0.25, -0.2) is 8.42 Å². The lowest BCUT2D eigenvalue weighted by Crippen LogP contribution is -2.45. The number of rotatable bonds is 8. The standard InChI is InChI=1S/C14H22N2O5S/c1-10-5-6-12(21-4)13(9-10)22(18,19)16-11(2)14(17)15-7-8-20-3/h5-6,9,11,16H,7-8H2,1-4H3,(H,15,17)/t11-/m1/s1. The van der Waals surface area contributed by atoms with Crippen molar-refractivity contribution < 1.29 is 22.7 Å². The fourth-order valence-corrected chi connectivity index (χ4v) is 3.23. The molecular formula is C14H22N2O5S. The number of nitrogens with one attached hydrogen (secondary N) is 2. The maximum atomic E-state index is 12.4. The van der Waals surface area contributed by atoms with Crippen molar-refractivity contribution in [3.63, 3.8) is 0 Å². The molecule has 0 unspecified atom stereocenters. The number of aryl methyl sites for hydroxylation is 1. The van der Waals surface area contributed by atoms with Gasteiger partial charge in [0.05, 0.1) is 19.8 Å². The van der Waals surface area contributed by atoms with E-state index in [0.29, 0.717) is 13.2 Å². The number of hydrogen-bond donors (Lipinski definition) is 2. The van der Waals surface area contributed by atoms with Crippen LogP contribution in [0.1, 0.15) is 12.5 Å². The lowest BCUT2D eigenvalue weighted by Gasteiger charge is -2.16. The molecule has 0 aliphatic heterocycles. The average Bonchev–Trinajstić information content (AvgIpc) is 2.46. The number of methoxy groups -OCH3 is 2. The number of amides is 1. The summed E-state index contributed by atoms with van der Waals surface area (Å²) in [6.07, 6.45) is 0. The van der Waals surface area contributed by atoms with Gasteiger partial charge in [0.1, 0.15) is 10.6 Å². The van der Waals surface area contributed by atoms with Crippen molar-refractivity contribution in [1.29, 1.82) is 0 Å². The summed E-state index contributed by atoms with van der Waals surface area (Å²) in [6, 6.07) is 3.91. The minimum atomic E-state index is -3.87. The summed E-state index contributed by atoms with van der Waals surface area (Å²) in [5.74, 6) is -0.197. The number of hydrogen-bond acceptors (Lipinski definition) is 5.